The smallest absolute Gasteiger partial charge is 0.308 e. The molecule has 0 bridgehead atoms. The molecular weight excluding hydrogens is 240 g/mol. The van der Waals surface area contributed by atoms with Gasteiger partial charge in [0, 0.05) is 0 Å². The van der Waals surface area contributed by atoms with Crippen molar-refractivity contribution < 1.29 is 29.6 Å². The van der Waals surface area contributed by atoms with Gasteiger partial charge in [-0.2, -0.15) is 0 Å². The molecule has 0 radical (unpaired) electrons. The van der Waals surface area contributed by atoms with Crippen molar-refractivity contribution in [3.8, 4) is 0 Å². The van der Waals surface area contributed by atoms with Gasteiger partial charge in [0.2, 0.25) is 0 Å². The first-order chi connectivity index (χ1) is 8.41. The minimum absolute atomic E-state index is 0.107. The molecule has 1 rings (SSSR count). The third kappa shape index (κ3) is 4.38. The Morgan fingerprint density at radius 2 is 2.00 bits per heavy atom. The molecule has 0 aromatic carbocycles. The molecule has 0 spiro atoms. The molecule has 1 saturated heterocycles. The summed E-state index contributed by atoms with van der Waals surface area (Å²) < 4.78 is 10.0. The normalized spacial score (nSPS) is 31.8. The van der Waals surface area contributed by atoms with E-state index in [2.05, 4.69) is 0 Å². The van der Waals surface area contributed by atoms with Crippen molar-refractivity contribution in [2.75, 3.05) is 13.2 Å². The lowest BCUT2D eigenvalue weighted by Gasteiger charge is -2.34. The molecule has 6 nitrogen and oxygen atoms in total. The lowest BCUT2D eigenvalue weighted by molar-refractivity contribution is -0.193. The van der Waals surface area contributed by atoms with E-state index in [9.17, 15) is 20.1 Å². The predicted molar refractivity (Wildman–Crippen MR) is 62.8 cm³/mol. The third-order valence-electron chi connectivity index (χ3n) is 2.71. The van der Waals surface area contributed by atoms with Crippen LogP contribution < -0.4 is 0 Å². The van der Waals surface area contributed by atoms with E-state index in [-0.39, 0.29) is 19.6 Å². The first-order valence-corrected chi connectivity index (χ1v) is 5.86. The lowest BCUT2D eigenvalue weighted by atomic mass is 9.98. The number of hydrogen-bond acceptors (Lipinski definition) is 6. The third-order valence-corrected chi connectivity index (χ3v) is 2.71. The maximum absolute atomic E-state index is 11.4. The summed E-state index contributed by atoms with van der Waals surface area (Å²) in [5, 5.41) is 28.3. The van der Waals surface area contributed by atoms with Crippen LogP contribution in [0.15, 0.2) is 11.6 Å². The number of carbonyl (C=O) groups excluding carboxylic acids is 1. The molecular formula is C12H20O6. The number of hydrogen-bond donors (Lipinski definition) is 3. The number of rotatable bonds is 4. The summed E-state index contributed by atoms with van der Waals surface area (Å²) in [6.07, 6.45) is -2.95. The van der Waals surface area contributed by atoms with Gasteiger partial charge in [0.1, 0.15) is 24.9 Å². The van der Waals surface area contributed by atoms with Gasteiger partial charge in [-0.15, -0.1) is 0 Å². The van der Waals surface area contributed by atoms with E-state index < -0.39 is 30.4 Å². The molecule has 1 aliphatic heterocycles. The monoisotopic (exact) mass is 260 g/mol. The number of esters is 1. The maximum atomic E-state index is 11.4. The summed E-state index contributed by atoms with van der Waals surface area (Å²) in [5.74, 6) is -0.514. The van der Waals surface area contributed by atoms with Crippen LogP contribution in [0.2, 0.25) is 0 Å². The van der Waals surface area contributed by atoms with E-state index in [1.807, 2.05) is 13.8 Å². The van der Waals surface area contributed by atoms with E-state index in [1.165, 1.54) is 0 Å². The molecule has 3 N–H and O–H groups in total. The second-order valence-corrected chi connectivity index (χ2v) is 4.59. The van der Waals surface area contributed by atoms with Gasteiger partial charge in [-0.1, -0.05) is 5.57 Å². The summed E-state index contributed by atoms with van der Waals surface area (Å²) >= 11 is 0. The molecule has 104 valence electrons. The van der Waals surface area contributed by atoms with Crippen LogP contribution >= 0.6 is 0 Å². The molecule has 0 saturated carbocycles. The number of aliphatic hydroxyl groups is 3. The van der Waals surface area contributed by atoms with Gasteiger partial charge < -0.3 is 24.8 Å². The van der Waals surface area contributed by atoms with Crippen LogP contribution in [0.3, 0.4) is 0 Å². The van der Waals surface area contributed by atoms with Crippen LogP contribution in [0.4, 0.5) is 0 Å². The average Bonchev–Trinajstić information content (AvgIpc) is 2.29. The zero-order chi connectivity index (χ0) is 13.7. The van der Waals surface area contributed by atoms with E-state index in [0.717, 1.165) is 5.57 Å². The van der Waals surface area contributed by atoms with Crippen molar-refractivity contribution in [2.24, 2.45) is 0 Å². The Hall–Kier alpha value is -0.950. The summed E-state index contributed by atoms with van der Waals surface area (Å²) in [6.45, 7) is 3.85. The molecule has 1 aliphatic rings. The van der Waals surface area contributed by atoms with Gasteiger partial charge in [-0.05, 0) is 19.9 Å². The Bertz CT molecular complexity index is 310. The van der Waals surface area contributed by atoms with Crippen molar-refractivity contribution in [3.63, 3.8) is 0 Å². The lowest BCUT2D eigenvalue weighted by Crippen LogP contribution is -2.53. The minimum Gasteiger partial charge on any atom is -0.461 e. The molecule has 6 heteroatoms. The first-order valence-electron chi connectivity index (χ1n) is 5.86. The highest BCUT2D eigenvalue weighted by atomic mass is 16.5. The van der Waals surface area contributed by atoms with Crippen LogP contribution in [0.5, 0.6) is 0 Å². The topological polar surface area (TPSA) is 96.2 Å². The second-order valence-electron chi connectivity index (χ2n) is 4.59. The van der Waals surface area contributed by atoms with Crippen LogP contribution in [-0.2, 0) is 14.3 Å². The van der Waals surface area contributed by atoms with Gasteiger partial charge in [0.15, 0.2) is 0 Å². The number of carbonyl (C=O) groups is 1. The molecule has 0 aliphatic carbocycles. The molecule has 1 unspecified atom stereocenters. The molecule has 0 aromatic rings. The molecule has 0 amide bonds. The molecule has 4 atom stereocenters. The van der Waals surface area contributed by atoms with E-state index in [0.29, 0.717) is 0 Å². The van der Waals surface area contributed by atoms with E-state index >= 15 is 0 Å². The zero-order valence-electron chi connectivity index (χ0n) is 10.6. The highest BCUT2D eigenvalue weighted by Crippen LogP contribution is 2.18. The van der Waals surface area contributed by atoms with Gasteiger partial charge >= 0.3 is 5.97 Å². The van der Waals surface area contributed by atoms with Gasteiger partial charge in [-0.3, -0.25) is 4.79 Å². The van der Waals surface area contributed by atoms with Crippen LogP contribution in [0.1, 0.15) is 20.3 Å². The predicted octanol–water partition coefficient (Wildman–Crippen LogP) is -0.633. The van der Waals surface area contributed by atoms with Gasteiger partial charge in [-0.25, -0.2) is 0 Å². The van der Waals surface area contributed by atoms with Crippen molar-refractivity contribution in [3.05, 3.63) is 11.6 Å². The summed E-state index contributed by atoms with van der Waals surface area (Å²) in [5.41, 5.74) is 1.04. The number of ether oxygens (including phenoxy) is 2. The standard InChI is InChI=1S/C12H20O6/c1-7(2)3-4-17-10(14)5-9-12(16)11(15)8(13)6-18-9/h3,8-9,11-13,15-16H,4-6H2,1-2H3/t8-,9?,11+,12+/m1/s1. The SMILES string of the molecule is CC(C)=CCOC(=O)CC1OC[C@@H](O)[C@H](O)[C@H]1O. The van der Waals surface area contributed by atoms with E-state index in [4.69, 9.17) is 9.47 Å². The highest BCUT2D eigenvalue weighted by molar-refractivity contribution is 5.70. The summed E-state index contributed by atoms with van der Waals surface area (Å²) in [6, 6.07) is 0. The fraction of sp³-hybridized carbons (Fsp3) is 0.750. The Kier molecular flexibility index (Phi) is 5.74. The number of aliphatic hydroxyl groups excluding tert-OH is 3. The van der Waals surface area contributed by atoms with Crippen molar-refractivity contribution in [2.45, 2.75) is 44.7 Å². The molecule has 1 fully saturated rings. The van der Waals surface area contributed by atoms with Crippen LogP contribution in [0, 0.1) is 0 Å². The summed E-state index contributed by atoms with van der Waals surface area (Å²) in [4.78, 5) is 11.4. The quantitative estimate of drug-likeness (QED) is 0.460. The molecule has 1 heterocycles. The van der Waals surface area contributed by atoms with Crippen molar-refractivity contribution >= 4 is 5.97 Å². The van der Waals surface area contributed by atoms with Gasteiger partial charge in [0.05, 0.1) is 19.1 Å². The fourth-order valence-corrected chi connectivity index (χ4v) is 1.57. The Balaban J connectivity index is 2.38. The zero-order valence-corrected chi connectivity index (χ0v) is 10.6. The highest BCUT2D eigenvalue weighted by Gasteiger charge is 2.38. The van der Waals surface area contributed by atoms with Crippen LogP contribution in [-0.4, -0.2) is 58.9 Å². The largest absolute Gasteiger partial charge is 0.461 e. The van der Waals surface area contributed by atoms with E-state index in [1.54, 1.807) is 6.08 Å². The fourth-order valence-electron chi connectivity index (χ4n) is 1.57. The maximum Gasteiger partial charge on any atom is 0.308 e. The Labute approximate surface area is 106 Å². The summed E-state index contributed by atoms with van der Waals surface area (Å²) in [7, 11) is 0. The Morgan fingerprint density at radius 1 is 1.33 bits per heavy atom. The Morgan fingerprint density at radius 3 is 2.61 bits per heavy atom. The van der Waals surface area contributed by atoms with Crippen molar-refractivity contribution in [1.29, 1.82) is 0 Å². The molecule has 18 heavy (non-hydrogen) atoms. The second kappa shape index (κ2) is 6.84. The number of allylic oxidation sites excluding steroid dienone is 1. The first kappa shape index (κ1) is 15.1. The minimum atomic E-state index is -1.30. The average molecular weight is 260 g/mol. The van der Waals surface area contributed by atoms with Gasteiger partial charge in [0.25, 0.3) is 0 Å². The molecule has 0 aromatic heterocycles. The van der Waals surface area contributed by atoms with Crippen molar-refractivity contribution in [1.82, 2.24) is 0 Å². The van der Waals surface area contributed by atoms with Crippen LogP contribution in [0.25, 0.3) is 0 Å².